The van der Waals surface area contributed by atoms with Crippen molar-refractivity contribution >= 4 is 28.2 Å². The van der Waals surface area contributed by atoms with E-state index in [0.717, 1.165) is 5.13 Å². The topological polar surface area (TPSA) is 66.9 Å². The van der Waals surface area contributed by atoms with E-state index in [1.807, 2.05) is 11.4 Å². The van der Waals surface area contributed by atoms with Crippen molar-refractivity contribution in [2.24, 2.45) is 0 Å². The van der Waals surface area contributed by atoms with Gasteiger partial charge in [-0.15, -0.1) is 11.3 Å². The summed E-state index contributed by atoms with van der Waals surface area (Å²) < 4.78 is 0. The Morgan fingerprint density at radius 2 is 2.25 bits per heavy atom. The molecular formula is C10H10N4OS. The lowest BCUT2D eigenvalue weighted by Crippen LogP contribution is -2.22. The molecule has 1 amide bonds. The molecule has 0 saturated heterocycles. The molecule has 0 aliphatic carbocycles. The SMILES string of the molecule is O=C(CNc1nccs1)Nc1ccccn1. The van der Waals surface area contributed by atoms with Gasteiger partial charge < -0.3 is 10.6 Å². The standard InChI is InChI=1S/C10H10N4OS/c15-9(7-13-10-12-5-6-16-10)14-8-3-1-2-4-11-8/h1-6H,7H2,(H,12,13)(H,11,14,15). The predicted octanol–water partition coefficient (Wildman–Crippen LogP) is 1.59. The van der Waals surface area contributed by atoms with E-state index in [9.17, 15) is 4.79 Å². The number of nitrogens with one attached hydrogen (secondary N) is 2. The fraction of sp³-hybridized carbons (Fsp3) is 0.100. The van der Waals surface area contributed by atoms with Crippen LogP contribution in [-0.4, -0.2) is 22.4 Å². The van der Waals surface area contributed by atoms with E-state index in [1.165, 1.54) is 11.3 Å². The number of thiazole rings is 1. The van der Waals surface area contributed by atoms with Crippen LogP contribution in [0.4, 0.5) is 10.9 Å². The van der Waals surface area contributed by atoms with Gasteiger partial charge in [0.15, 0.2) is 5.13 Å². The van der Waals surface area contributed by atoms with Gasteiger partial charge in [0.2, 0.25) is 5.91 Å². The normalized spacial score (nSPS) is 9.75. The molecule has 2 rings (SSSR count). The molecule has 0 aliphatic heterocycles. The number of anilines is 2. The highest BCUT2D eigenvalue weighted by molar-refractivity contribution is 7.13. The molecule has 0 saturated carbocycles. The lowest BCUT2D eigenvalue weighted by Gasteiger charge is -2.04. The maximum atomic E-state index is 11.5. The Kier molecular flexibility index (Phi) is 3.45. The van der Waals surface area contributed by atoms with Crippen LogP contribution in [0.5, 0.6) is 0 Å². The molecule has 0 bridgehead atoms. The molecule has 2 heterocycles. The molecule has 0 unspecified atom stereocenters. The average molecular weight is 234 g/mol. The van der Waals surface area contributed by atoms with Crippen molar-refractivity contribution in [3.8, 4) is 0 Å². The number of amides is 1. The molecule has 0 aromatic carbocycles. The van der Waals surface area contributed by atoms with E-state index in [2.05, 4.69) is 20.6 Å². The zero-order valence-corrected chi connectivity index (χ0v) is 9.20. The minimum atomic E-state index is -0.145. The number of pyridine rings is 1. The van der Waals surface area contributed by atoms with Crippen LogP contribution in [0.25, 0.3) is 0 Å². The Hall–Kier alpha value is -1.95. The second-order valence-corrected chi connectivity index (χ2v) is 3.85. The Labute approximate surface area is 96.6 Å². The largest absolute Gasteiger partial charge is 0.352 e. The average Bonchev–Trinajstić information content (AvgIpc) is 2.81. The third kappa shape index (κ3) is 3.03. The minimum absolute atomic E-state index is 0.145. The van der Waals surface area contributed by atoms with Crippen molar-refractivity contribution in [1.29, 1.82) is 0 Å². The van der Waals surface area contributed by atoms with Gasteiger partial charge in [0.05, 0.1) is 6.54 Å². The zero-order chi connectivity index (χ0) is 11.2. The fourth-order valence-corrected chi connectivity index (χ4v) is 1.62. The van der Waals surface area contributed by atoms with Gasteiger partial charge in [0, 0.05) is 17.8 Å². The summed E-state index contributed by atoms with van der Waals surface area (Å²) in [5.41, 5.74) is 0. The van der Waals surface area contributed by atoms with Crippen molar-refractivity contribution in [3.05, 3.63) is 36.0 Å². The van der Waals surface area contributed by atoms with E-state index < -0.39 is 0 Å². The molecular weight excluding hydrogens is 224 g/mol. The molecule has 0 aliphatic rings. The predicted molar refractivity (Wildman–Crippen MR) is 63.5 cm³/mol. The van der Waals surface area contributed by atoms with Crippen molar-refractivity contribution < 1.29 is 4.79 Å². The van der Waals surface area contributed by atoms with Crippen molar-refractivity contribution in [2.45, 2.75) is 0 Å². The van der Waals surface area contributed by atoms with E-state index in [1.54, 1.807) is 24.5 Å². The monoisotopic (exact) mass is 234 g/mol. The second kappa shape index (κ2) is 5.22. The number of aromatic nitrogens is 2. The van der Waals surface area contributed by atoms with Crippen LogP contribution in [0.1, 0.15) is 0 Å². The summed E-state index contributed by atoms with van der Waals surface area (Å²) in [6.07, 6.45) is 3.31. The molecule has 0 fully saturated rings. The number of hydrogen-bond donors (Lipinski definition) is 2. The maximum absolute atomic E-state index is 11.5. The van der Waals surface area contributed by atoms with E-state index >= 15 is 0 Å². The Morgan fingerprint density at radius 3 is 2.94 bits per heavy atom. The Balaban J connectivity index is 1.81. The summed E-state index contributed by atoms with van der Waals surface area (Å²) in [7, 11) is 0. The molecule has 0 spiro atoms. The second-order valence-electron chi connectivity index (χ2n) is 2.95. The number of nitrogens with zero attached hydrogens (tertiary/aromatic N) is 2. The molecule has 2 aromatic rings. The van der Waals surface area contributed by atoms with E-state index in [-0.39, 0.29) is 12.5 Å². The van der Waals surface area contributed by atoms with Gasteiger partial charge in [-0.1, -0.05) is 6.07 Å². The molecule has 2 N–H and O–H groups in total. The highest BCUT2D eigenvalue weighted by Crippen LogP contribution is 2.09. The fourth-order valence-electron chi connectivity index (χ4n) is 1.09. The molecule has 82 valence electrons. The van der Waals surface area contributed by atoms with Gasteiger partial charge in [-0.3, -0.25) is 4.79 Å². The van der Waals surface area contributed by atoms with Crippen LogP contribution in [-0.2, 0) is 4.79 Å². The first-order valence-electron chi connectivity index (χ1n) is 4.69. The molecule has 2 aromatic heterocycles. The highest BCUT2D eigenvalue weighted by atomic mass is 32.1. The lowest BCUT2D eigenvalue weighted by atomic mass is 10.4. The highest BCUT2D eigenvalue weighted by Gasteiger charge is 2.02. The summed E-state index contributed by atoms with van der Waals surface area (Å²) in [5, 5.41) is 8.16. The maximum Gasteiger partial charge on any atom is 0.244 e. The van der Waals surface area contributed by atoms with Crippen LogP contribution in [0.15, 0.2) is 36.0 Å². The summed E-state index contributed by atoms with van der Waals surface area (Å²) in [5.74, 6) is 0.405. The Bertz CT molecular complexity index is 443. The molecule has 6 heteroatoms. The smallest absolute Gasteiger partial charge is 0.244 e. The summed E-state index contributed by atoms with van der Waals surface area (Å²) >= 11 is 1.45. The lowest BCUT2D eigenvalue weighted by molar-refractivity contribution is -0.114. The number of carbonyl (C=O) groups excluding carboxylic acids is 1. The molecule has 5 nitrogen and oxygen atoms in total. The van der Waals surface area contributed by atoms with Crippen molar-refractivity contribution in [1.82, 2.24) is 9.97 Å². The Morgan fingerprint density at radius 1 is 1.31 bits per heavy atom. The van der Waals surface area contributed by atoms with Crippen LogP contribution in [0, 0.1) is 0 Å². The first-order valence-corrected chi connectivity index (χ1v) is 5.57. The van der Waals surface area contributed by atoms with E-state index in [0.29, 0.717) is 5.82 Å². The quantitative estimate of drug-likeness (QED) is 0.843. The van der Waals surface area contributed by atoms with E-state index in [4.69, 9.17) is 0 Å². The first-order chi connectivity index (χ1) is 7.84. The van der Waals surface area contributed by atoms with Crippen molar-refractivity contribution in [2.75, 3.05) is 17.2 Å². The number of rotatable bonds is 4. The zero-order valence-electron chi connectivity index (χ0n) is 8.38. The molecule has 0 atom stereocenters. The third-order valence-electron chi connectivity index (χ3n) is 1.76. The molecule has 16 heavy (non-hydrogen) atoms. The third-order valence-corrected chi connectivity index (χ3v) is 2.50. The van der Waals surface area contributed by atoms with Crippen LogP contribution in [0.3, 0.4) is 0 Å². The van der Waals surface area contributed by atoms with Gasteiger partial charge in [-0.05, 0) is 12.1 Å². The van der Waals surface area contributed by atoms with Crippen LogP contribution in [0.2, 0.25) is 0 Å². The first kappa shape index (κ1) is 10.6. The van der Waals surface area contributed by atoms with Gasteiger partial charge in [-0.2, -0.15) is 0 Å². The summed E-state index contributed by atoms with van der Waals surface area (Å²) in [4.78, 5) is 19.5. The van der Waals surface area contributed by atoms with Gasteiger partial charge in [-0.25, -0.2) is 9.97 Å². The van der Waals surface area contributed by atoms with Gasteiger partial charge in [0.1, 0.15) is 5.82 Å². The van der Waals surface area contributed by atoms with Crippen molar-refractivity contribution in [3.63, 3.8) is 0 Å². The minimum Gasteiger partial charge on any atom is -0.352 e. The van der Waals surface area contributed by atoms with Crippen LogP contribution < -0.4 is 10.6 Å². The summed E-state index contributed by atoms with van der Waals surface area (Å²) in [6, 6.07) is 5.35. The van der Waals surface area contributed by atoms with Crippen LogP contribution >= 0.6 is 11.3 Å². The molecule has 0 radical (unpaired) electrons. The number of carbonyl (C=O) groups is 1. The van der Waals surface area contributed by atoms with Gasteiger partial charge in [0.25, 0.3) is 0 Å². The van der Waals surface area contributed by atoms with Gasteiger partial charge >= 0.3 is 0 Å². The summed E-state index contributed by atoms with van der Waals surface area (Å²) in [6.45, 7) is 0.185. The number of hydrogen-bond acceptors (Lipinski definition) is 5.